The quantitative estimate of drug-likeness (QED) is 0.0573. The molecule has 0 amide bonds. The highest BCUT2D eigenvalue weighted by atomic mass is 19.2. The molecule has 16 rings (SSSR count). The van der Waals surface area contributed by atoms with Crippen LogP contribution in [-0.4, -0.2) is 0 Å². The summed E-state index contributed by atoms with van der Waals surface area (Å²) < 4.78 is 163. The van der Waals surface area contributed by atoms with Crippen LogP contribution in [0, 0.1) is 72.0 Å². The van der Waals surface area contributed by atoms with Gasteiger partial charge < -0.3 is 9.80 Å². The van der Waals surface area contributed by atoms with Crippen LogP contribution in [0.4, 0.5) is 78.0 Å². The summed E-state index contributed by atoms with van der Waals surface area (Å²) in [6, 6.07) is 85.4. The van der Waals surface area contributed by atoms with Crippen LogP contribution in [0.1, 0.15) is 66.8 Å². The molecule has 2 aliphatic carbocycles. The second kappa shape index (κ2) is 25.8. The van der Waals surface area contributed by atoms with E-state index in [0.717, 1.165) is 44.5 Å². The Hall–Kier alpha value is -12.5. The minimum absolute atomic E-state index is 0.246. The van der Waals surface area contributed by atoms with Crippen LogP contribution in [0.15, 0.2) is 292 Å². The molecule has 506 valence electrons. The van der Waals surface area contributed by atoms with E-state index >= 15 is 43.9 Å². The van der Waals surface area contributed by atoms with E-state index in [1.807, 2.05) is 194 Å². The van der Waals surface area contributed by atoms with Crippen molar-refractivity contribution < 1.29 is 43.9 Å². The van der Waals surface area contributed by atoms with Crippen molar-refractivity contribution in [1.29, 1.82) is 0 Å². The van der Waals surface area contributed by atoms with Crippen LogP contribution < -0.4 is 9.80 Å². The Morgan fingerprint density at radius 2 is 0.519 bits per heavy atom. The van der Waals surface area contributed by atoms with Crippen molar-refractivity contribution in [3.63, 3.8) is 0 Å². The highest BCUT2D eigenvalue weighted by Gasteiger charge is 2.53. The molecular formula is C92H58F10N2. The molecule has 2 nitrogen and oxygen atoms in total. The molecule has 104 heavy (non-hydrogen) atoms. The molecule has 0 aromatic heterocycles. The zero-order chi connectivity index (χ0) is 72.0. The lowest BCUT2D eigenvalue weighted by Crippen LogP contribution is -2.33. The van der Waals surface area contributed by atoms with E-state index in [-0.39, 0.29) is 22.3 Å². The molecule has 0 saturated heterocycles. The minimum Gasteiger partial charge on any atom is -0.310 e. The van der Waals surface area contributed by atoms with E-state index < -0.39 is 80.1 Å². The normalized spacial score (nSPS) is 14.7. The third-order valence-corrected chi connectivity index (χ3v) is 20.6. The van der Waals surface area contributed by atoms with Crippen LogP contribution in [0.2, 0.25) is 0 Å². The zero-order valence-corrected chi connectivity index (χ0v) is 55.8. The van der Waals surface area contributed by atoms with Crippen LogP contribution in [-0.2, 0) is 10.8 Å². The van der Waals surface area contributed by atoms with Crippen molar-refractivity contribution in [3.05, 3.63) is 417 Å². The molecule has 2 aliphatic rings. The predicted octanol–water partition coefficient (Wildman–Crippen LogP) is 25.6. The van der Waals surface area contributed by atoms with E-state index in [4.69, 9.17) is 0 Å². The van der Waals surface area contributed by atoms with Gasteiger partial charge in [-0.05, 0) is 198 Å². The van der Waals surface area contributed by atoms with Gasteiger partial charge in [0.15, 0.2) is 46.5 Å². The molecule has 14 aromatic carbocycles. The van der Waals surface area contributed by atoms with E-state index in [1.165, 1.54) is 0 Å². The maximum absolute atomic E-state index is 17.1. The Labute approximate surface area is 594 Å². The summed E-state index contributed by atoms with van der Waals surface area (Å²) in [7, 11) is 0. The van der Waals surface area contributed by atoms with Gasteiger partial charge in [-0.2, -0.15) is 0 Å². The fourth-order valence-electron chi connectivity index (χ4n) is 15.8. The standard InChI is InChI=1S/C92H58F10N2/c1-5-55-25-33-61(34-26-55)91(79-81(93)85(97)89(101)86(98)82(79)94)75-23-15-13-21-71(75)73-47-43-67(51-77(73)91)103(63-37-29-59(30-38-63)57-17-9-7-10-18-57)65-41-45-69(53(3)49-65)70-46-42-66(50-54(70)4)104(64-39-31-60(32-40-64)58-19-11-8-12-20-58)68-44-48-74-72-22-14-16-24-76(72)92(78(74)52-68,62-35-27-56(6-2)28-36-62)80-83(95)87(99)90(102)88(100)84(80)96/h5-52H,1-2H2,3-4H3. The van der Waals surface area contributed by atoms with Gasteiger partial charge in [0, 0.05) is 45.3 Å². The predicted molar refractivity (Wildman–Crippen MR) is 396 cm³/mol. The molecule has 0 saturated carbocycles. The summed E-state index contributed by atoms with van der Waals surface area (Å²) in [6.07, 6.45) is 3.18. The van der Waals surface area contributed by atoms with Gasteiger partial charge in [0.1, 0.15) is 0 Å². The minimum atomic E-state index is -2.27. The summed E-state index contributed by atoms with van der Waals surface area (Å²) in [5, 5.41) is 0. The van der Waals surface area contributed by atoms with Gasteiger partial charge in [-0.15, -0.1) is 0 Å². The number of anilines is 6. The number of hydrogen-bond acceptors (Lipinski definition) is 2. The van der Waals surface area contributed by atoms with Gasteiger partial charge in [-0.3, -0.25) is 0 Å². The molecule has 2 unspecified atom stereocenters. The number of halogens is 10. The smallest absolute Gasteiger partial charge is 0.200 e. The molecule has 0 fully saturated rings. The van der Waals surface area contributed by atoms with Gasteiger partial charge in [-0.25, -0.2) is 43.9 Å². The molecule has 0 radical (unpaired) electrons. The molecule has 0 heterocycles. The summed E-state index contributed by atoms with van der Waals surface area (Å²) in [6.45, 7) is 11.7. The average molecular weight is 1380 g/mol. The Morgan fingerprint density at radius 3 is 0.846 bits per heavy atom. The molecule has 2 atom stereocenters. The lowest BCUT2D eigenvalue weighted by atomic mass is 9.67. The van der Waals surface area contributed by atoms with Crippen molar-refractivity contribution >= 4 is 46.3 Å². The maximum atomic E-state index is 17.1. The molecule has 0 bridgehead atoms. The van der Waals surface area contributed by atoms with Gasteiger partial charge in [0.2, 0.25) is 11.6 Å². The first-order valence-corrected chi connectivity index (χ1v) is 33.6. The first-order chi connectivity index (χ1) is 50.5. The maximum Gasteiger partial charge on any atom is 0.200 e. The number of nitrogens with zero attached hydrogens (tertiary/aromatic N) is 2. The van der Waals surface area contributed by atoms with Gasteiger partial charge in [0.25, 0.3) is 0 Å². The van der Waals surface area contributed by atoms with Gasteiger partial charge >= 0.3 is 0 Å². The summed E-state index contributed by atoms with van der Waals surface area (Å²) in [4.78, 5) is 3.98. The van der Waals surface area contributed by atoms with Gasteiger partial charge in [0.05, 0.1) is 10.8 Å². The van der Waals surface area contributed by atoms with Crippen molar-refractivity contribution in [2.24, 2.45) is 0 Å². The number of benzene rings is 14. The zero-order valence-electron chi connectivity index (χ0n) is 55.8. The van der Waals surface area contributed by atoms with Crippen LogP contribution in [0.3, 0.4) is 0 Å². The Kier molecular flexibility index (Phi) is 16.4. The highest BCUT2D eigenvalue weighted by Crippen LogP contribution is 2.61. The van der Waals surface area contributed by atoms with Crippen molar-refractivity contribution in [3.8, 4) is 55.6 Å². The highest BCUT2D eigenvalue weighted by molar-refractivity contribution is 5.93. The molecule has 0 N–H and O–H groups in total. The van der Waals surface area contributed by atoms with Crippen LogP contribution in [0.5, 0.6) is 0 Å². The third-order valence-electron chi connectivity index (χ3n) is 20.6. The molecule has 0 spiro atoms. The Morgan fingerprint density at radius 1 is 0.250 bits per heavy atom. The molecule has 0 aliphatic heterocycles. The van der Waals surface area contributed by atoms with Crippen LogP contribution >= 0.6 is 0 Å². The summed E-state index contributed by atoms with van der Waals surface area (Å²) in [5.74, 6) is -20.7. The first kappa shape index (κ1) is 66.0. The fourth-order valence-corrected chi connectivity index (χ4v) is 15.8. The number of aryl methyl sites for hydroxylation is 2. The van der Waals surface area contributed by atoms with E-state index in [1.54, 1.807) is 121 Å². The van der Waals surface area contributed by atoms with E-state index in [9.17, 15) is 0 Å². The average Bonchev–Trinajstić information content (AvgIpc) is 1.51. The SMILES string of the molecule is C=Cc1ccc(C2(c3c(F)c(F)c(F)c(F)c3F)c3ccccc3-c3ccc(N(c4ccc(-c5ccccc5)cc4)c4ccc(-c5ccc(N(c6ccc(-c7ccccc7)cc6)c6ccc7c(c6)C(c6ccc(C=C)cc6)(c6c(F)c(F)c(F)c(F)c6F)c6ccccc6-7)cc5C)c(C)c4)cc32)cc1. The van der Waals surface area contributed by atoms with Crippen molar-refractivity contribution in [1.82, 2.24) is 0 Å². The summed E-state index contributed by atoms with van der Waals surface area (Å²) in [5.41, 5.74) is 9.61. The lowest BCUT2D eigenvalue weighted by Gasteiger charge is -2.35. The number of rotatable bonds is 15. The lowest BCUT2D eigenvalue weighted by molar-refractivity contribution is 0.363. The number of fused-ring (bicyclic) bond motifs is 6. The monoisotopic (exact) mass is 1380 g/mol. The molecule has 12 heteroatoms. The third kappa shape index (κ3) is 10.2. The Bertz CT molecular complexity index is 5380. The largest absolute Gasteiger partial charge is 0.310 e. The molecule has 14 aromatic rings. The second-order valence-electron chi connectivity index (χ2n) is 26.1. The Balaban J connectivity index is 0.855. The molecular weight excluding hydrogens is 1320 g/mol. The van der Waals surface area contributed by atoms with Crippen molar-refractivity contribution in [2.75, 3.05) is 9.80 Å². The van der Waals surface area contributed by atoms with Gasteiger partial charge in [-0.1, -0.05) is 232 Å². The first-order valence-electron chi connectivity index (χ1n) is 33.6. The van der Waals surface area contributed by atoms with E-state index in [2.05, 4.69) is 13.2 Å². The fraction of sp³-hybridized carbons (Fsp3) is 0.0435. The second-order valence-corrected chi connectivity index (χ2v) is 26.1. The summed E-state index contributed by atoms with van der Waals surface area (Å²) >= 11 is 0. The van der Waals surface area contributed by atoms with Crippen LogP contribution in [0.25, 0.3) is 67.8 Å². The topological polar surface area (TPSA) is 6.48 Å². The number of hydrogen-bond donors (Lipinski definition) is 0. The van der Waals surface area contributed by atoms with E-state index in [0.29, 0.717) is 78.6 Å². The van der Waals surface area contributed by atoms with Crippen molar-refractivity contribution in [2.45, 2.75) is 24.7 Å².